The molecule has 4 fully saturated rings. The van der Waals surface area contributed by atoms with Crippen LogP contribution in [0.15, 0.2) is 0 Å². The van der Waals surface area contributed by atoms with Crippen LogP contribution >= 0.6 is 0 Å². The zero-order chi connectivity index (χ0) is 23.6. The maximum Gasteiger partial charge on any atom is 0.481 e. The number of rotatable bonds is 7. The predicted octanol–water partition coefficient (Wildman–Crippen LogP) is 3.71. The molecule has 3 N–H and O–H groups in total. The maximum atomic E-state index is 13.2. The second-order valence-corrected chi connectivity index (χ2v) is 12.9. The van der Waals surface area contributed by atoms with Gasteiger partial charge in [-0.2, -0.15) is 0 Å². The van der Waals surface area contributed by atoms with Gasteiger partial charge in [0.05, 0.1) is 28.8 Å². The number of carbonyl (C=O) groups excluding carboxylic acids is 1. The van der Waals surface area contributed by atoms with Gasteiger partial charge < -0.3 is 25.1 Å². The van der Waals surface area contributed by atoms with Crippen molar-refractivity contribution in [1.82, 2.24) is 5.32 Å². The minimum Gasteiger partial charge on any atom is -0.404 e. The fourth-order valence-corrected chi connectivity index (χ4v) is 6.26. The van der Waals surface area contributed by atoms with E-state index in [0.717, 1.165) is 12.8 Å². The lowest BCUT2D eigenvalue weighted by Gasteiger charge is -2.64. The molecule has 0 unspecified atom stereocenters. The molecule has 7 heteroatoms. The highest BCUT2D eigenvalue weighted by atomic mass is 16.7. The molecule has 1 aliphatic heterocycles. The smallest absolute Gasteiger partial charge is 0.404 e. The zero-order valence-electron chi connectivity index (χ0n) is 21.4. The maximum absolute atomic E-state index is 13.2. The third-order valence-corrected chi connectivity index (χ3v) is 7.95. The van der Waals surface area contributed by atoms with E-state index in [1.165, 1.54) is 6.42 Å². The van der Waals surface area contributed by atoms with Crippen molar-refractivity contribution in [2.45, 2.75) is 123 Å². The molecule has 6 nitrogen and oxygen atoms in total. The van der Waals surface area contributed by atoms with Gasteiger partial charge in [-0.3, -0.25) is 4.79 Å². The van der Waals surface area contributed by atoms with Gasteiger partial charge in [0.2, 0.25) is 5.91 Å². The normalized spacial score (nSPS) is 34.2. The lowest BCUT2D eigenvalue weighted by molar-refractivity contribution is -0.199. The van der Waals surface area contributed by atoms with Gasteiger partial charge in [0.25, 0.3) is 0 Å². The van der Waals surface area contributed by atoms with Crippen LogP contribution in [0.2, 0.25) is 0 Å². The summed E-state index contributed by atoms with van der Waals surface area (Å²) < 4.78 is 19.2. The zero-order valence-corrected chi connectivity index (χ0v) is 21.4. The van der Waals surface area contributed by atoms with Crippen LogP contribution in [0, 0.1) is 23.2 Å². The lowest BCUT2D eigenvalue weighted by atomic mass is 9.43. The molecule has 31 heavy (non-hydrogen) atoms. The quantitative estimate of drug-likeness (QED) is 0.595. The molecule has 1 heterocycles. The molecule has 3 saturated carbocycles. The molecular formula is C24H45BN2O4. The molecule has 3 aliphatic carbocycles. The van der Waals surface area contributed by atoms with E-state index in [2.05, 4.69) is 39.9 Å². The van der Waals surface area contributed by atoms with Crippen molar-refractivity contribution in [3.8, 4) is 0 Å². The third kappa shape index (κ3) is 4.71. The van der Waals surface area contributed by atoms with Gasteiger partial charge in [0.15, 0.2) is 0 Å². The Morgan fingerprint density at radius 2 is 1.81 bits per heavy atom. The van der Waals surface area contributed by atoms with Crippen molar-refractivity contribution in [1.29, 1.82) is 0 Å². The summed E-state index contributed by atoms with van der Waals surface area (Å²) in [6.45, 7) is 20.9. The fourth-order valence-electron chi connectivity index (χ4n) is 6.26. The molecule has 0 aromatic heterocycles. The van der Waals surface area contributed by atoms with Crippen molar-refractivity contribution in [3.63, 3.8) is 0 Å². The van der Waals surface area contributed by atoms with E-state index in [1.807, 2.05) is 34.6 Å². The molecular weight excluding hydrogens is 391 g/mol. The van der Waals surface area contributed by atoms with Crippen molar-refractivity contribution < 1.29 is 18.8 Å². The molecule has 0 aromatic rings. The molecule has 1 amide bonds. The highest BCUT2D eigenvalue weighted by molar-refractivity contribution is 6.47. The highest BCUT2D eigenvalue weighted by Crippen LogP contribution is 2.65. The summed E-state index contributed by atoms with van der Waals surface area (Å²) in [7, 11) is -0.449. The number of amides is 1. The molecule has 4 aliphatic rings. The summed E-state index contributed by atoms with van der Waals surface area (Å²) in [6.07, 6.45) is 3.10. The first-order chi connectivity index (χ1) is 14.0. The Hall–Kier alpha value is -0.625. The summed E-state index contributed by atoms with van der Waals surface area (Å²) in [4.78, 5) is 13.2. The predicted molar refractivity (Wildman–Crippen MR) is 124 cm³/mol. The molecule has 6 atom stereocenters. The Morgan fingerprint density at radius 3 is 2.32 bits per heavy atom. The average molecular weight is 436 g/mol. The lowest BCUT2D eigenvalue weighted by Crippen LogP contribution is -2.65. The SMILES string of the molecule is CC(C)C[C@H](NC(=O)[C@@H](N)C(C)(C)OC(C)(C)C)B1O[C@@H]2C[C@@H]3C[C@@H](C3(C)C)[C@]2(C)O1. The Morgan fingerprint density at radius 1 is 1.19 bits per heavy atom. The molecule has 0 radical (unpaired) electrons. The van der Waals surface area contributed by atoms with E-state index >= 15 is 0 Å². The van der Waals surface area contributed by atoms with Gasteiger partial charge >= 0.3 is 7.12 Å². The van der Waals surface area contributed by atoms with Crippen LogP contribution in [-0.4, -0.2) is 47.9 Å². The minimum absolute atomic E-state index is 0.0928. The number of nitrogens with one attached hydrogen (secondary N) is 1. The topological polar surface area (TPSA) is 82.8 Å². The Labute approximate surface area is 189 Å². The van der Waals surface area contributed by atoms with E-state index in [1.54, 1.807) is 0 Å². The van der Waals surface area contributed by atoms with E-state index in [4.69, 9.17) is 19.8 Å². The van der Waals surface area contributed by atoms with Crippen molar-refractivity contribution >= 4 is 13.0 Å². The number of carbonyl (C=O) groups is 1. The minimum atomic E-state index is -0.799. The Balaban J connectivity index is 1.72. The van der Waals surface area contributed by atoms with Crippen molar-refractivity contribution in [3.05, 3.63) is 0 Å². The van der Waals surface area contributed by atoms with Crippen LogP contribution in [0.3, 0.4) is 0 Å². The van der Waals surface area contributed by atoms with Gasteiger partial charge in [-0.1, -0.05) is 27.7 Å². The first-order valence-corrected chi connectivity index (χ1v) is 12.1. The van der Waals surface area contributed by atoms with Gasteiger partial charge in [-0.05, 0) is 84.0 Å². The van der Waals surface area contributed by atoms with Crippen LogP contribution in [-0.2, 0) is 18.8 Å². The van der Waals surface area contributed by atoms with Gasteiger partial charge in [-0.15, -0.1) is 0 Å². The second kappa shape index (κ2) is 8.00. The number of ether oxygens (including phenoxy) is 1. The van der Waals surface area contributed by atoms with E-state index in [-0.39, 0.29) is 29.0 Å². The monoisotopic (exact) mass is 436 g/mol. The second-order valence-electron chi connectivity index (χ2n) is 12.9. The van der Waals surface area contributed by atoms with E-state index in [0.29, 0.717) is 17.8 Å². The third-order valence-electron chi connectivity index (χ3n) is 7.95. The molecule has 0 spiro atoms. The molecule has 178 valence electrons. The summed E-state index contributed by atoms with van der Waals surface area (Å²) >= 11 is 0. The van der Waals surface area contributed by atoms with Crippen LogP contribution in [0.5, 0.6) is 0 Å². The number of hydrogen-bond donors (Lipinski definition) is 2. The number of hydrogen-bond acceptors (Lipinski definition) is 5. The summed E-state index contributed by atoms with van der Waals surface area (Å²) in [6, 6.07) is -0.799. The first-order valence-electron chi connectivity index (χ1n) is 12.1. The number of nitrogens with two attached hydrogens (primary N) is 1. The molecule has 0 aromatic carbocycles. The largest absolute Gasteiger partial charge is 0.481 e. The van der Waals surface area contributed by atoms with Gasteiger partial charge in [0.1, 0.15) is 6.04 Å². The van der Waals surface area contributed by atoms with Crippen LogP contribution in [0.4, 0.5) is 0 Å². The van der Waals surface area contributed by atoms with Gasteiger partial charge in [-0.25, -0.2) is 0 Å². The summed E-state index contributed by atoms with van der Waals surface area (Å²) in [5.41, 5.74) is 5.17. The van der Waals surface area contributed by atoms with Crippen molar-refractivity contribution in [2.24, 2.45) is 28.9 Å². The summed E-state index contributed by atoms with van der Waals surface area (Å²) in [5.74, 6) is 1.10. The Bertz CT molecular complexity index is 690. The van der Waals surface area contributed by atoms with Crippen LogP contribution < -0.4 is 11.1 Å². The fraction of sp³-hybridized carbons (Fsp3) is 0.958. The van der Waals surface area contributed by atoms with Crippen LogP contribution in [0.1, 0.15) is 88.5 Å². The highest BCUT2D eigenvalue weighted by Gasteiger charge is 2.68. The van der Waals surface area contributed by atoms with Gasteiger partial charge in [0, 0.05) is 0 Å². The van der Waals surface area contributed by atoms with Crippen LogP contribution in [0.25, 0.3) is 0 Å². The molecule has 1 saturated heterocycles. The first kappa shape index (κ1) is 25.0. The summed E-state index contributed by atoms with van der Waals surface area (Å²) in [5, 5.41) is 3.16. The Kier molecular flexibility index (Phi) is 6.45. The van der Waals surface area contributed by atoms with Crippen molar-refractivity contribution in [2.75, 3.05) is 0 Å². The van der Waals surface area contributed by atoms with E-state index in [9.17, 15) is 4.79 Å². The standard InChI is InChI=1S/C24H45BN2O4/c1-14(2)11-18(27-20(28)19(26)23(8,9)30-21(3,4)5)25-29-17-13-15-12-16(22(15,6)7)24(17,10)31-25/h14-19H,11-13,26H2,1-10H3,(H,27,28)/t15-,16-,17+,18-,19+,24-/m0/s1. The van der Waals surface area contributed by atoms with E-state index < -0.39 is 24.4 Å². The molecule has 2 bridgehead atoms. The average Bonchev–Trinajstić information content (AvgIpc) is 2.94. The molecule has 4 rings (SSSR count).